The first-order valence-electron chi connectivity index (χ1n) is 8.67. The number of hydrazone groups is 1. The van der Waals surface area contributed by atoms with Crippen LogP contribution in [0, 0.1) is 0 Å². The minimum atomic E-state index is -2.87. The molecule has 1 fully saturated rings. The van der Waals surface area contributed by atoms with Crippen LogP contribution in [0.4, 0.5) is 13.9 Å². The summed E-state index contributed by atoms with van der Waals surface area (Å²) in [6.45, 7) is 1.79. The number of hydrogen-bond donors (Lipinski definition) is 1. The Kier molecular flexibility index (Phi) is 6.88. The average molecular weight is 410 g/mol. The molecule has 0 unspecified atom stereocenters. The van der Waals surface area contributed by atoms with Crippen LogP contribution in [-0.2, 0) is 16.0 Å². The van der Waals surface area contributed by atoms with E-state index in [-0.39, 0.29) is 18.1 Å². The third-order valence-corrected chi connectivity index (χ3v) is 4.96. The van der Waals surface area contributed by atoms with E-state index in [2.05, 4.69) is 25.1 Å². The van der Waals surface area contributed by atoms with Crippen LogP contribution >= 0.6 is 11.3 Å². The summed E-state index contributed by atoms with van der Waals surface area (Å²) in [7, 11) is 0. The molecule has 0 spiro atoms. The number of nitrogens with zero attached hydrogens (tertiary/aromatic N) is 3. The van der Waals surface area contributed by atoms with Gasteiger partial charge in [-0.2, -0.15) is 13.9 Å². The number of alkyl halides is 2. The quantitative estimate of drug-likeness (QED) is 0.561. The third-order valence-electron chi connectivity index (χ3n) is 4.01. The van der Waals surface area contributed by atoms with Gasteiger partial charge in [0.1, 0.15) is 5.75 Å². The van der Waals surface area contributed by atoms with Crippen molar-refractivity contribution in [2.24, 2.45) is 5.10 Å². The molecule has 28 heavy (non-hydrogen) atoms. The molecule has 2 aromatic rings. The Bertz CT molecular complexity index is 820. The number of nitrogens with one attached hydrogen (secondary N) is 1. The van der Waals surface area contributed by atoms with Gasteiger partial charge in [0.2, 0.25) is 5.91 Å². The van der Waals surface area contributed by atoms with Gasteiger partial charge in [0.25, 0.3) is 0 Å². The molecule has 1 aromatic heterocycles. The molecule has 2 heterocycles. The van der Waals surface area contributed by atoms with Crippen molar-refractivity contribution in [3.8, 4) is 5.75 Å². The van der Waals surface area contributed by atoms with E-state index >= 15 is 0 Å². The summed E-state index contributed by atoms with van der Waals surface area (Å²) < 4.78 is 34.0. The molecule has 1 amide bonds. The fourth-order valence-corrected chi connectivity index (χ4v) is 3.45. The van der Waals surface area contributed by atoms with E-state index in [1.807, 2.05) is 5.38 Å². The molecule has 150 valence electrons. The highest BCUT2D eigenvalue weighted by atomic mass is 32.1. The number of carbonyl (C=O) groups excluding carboxylic acids is 1. The summed E-state index contributed by atoms with van der Waals surface area (Å²) in [5.41, 5.74) is 4.41. The van der Waals surface area contributed by atoms with Crippen LogP contribution in [0.25, 0.3) is 0 Å². The van der Waals surface area contributed by atoms with Crippen LogP contribution in [0.2, 0.25) is 0 Å². The van der Waals surface area contributed by atoms with Gasteiger partial charge in [-0.05, 0) is 36.8 Å². The number of amides is 1. The lowest BCUT2D eigenvalue weighted by Gasteiger charge is -2.26. The Morgan fingerprint density at radius 2 is 2.07 bits per heavy atom. The lowest BCUT2D eigenvalue weighted by molar-refractivity contribution is -0.120. The van der Waals surface area contributed by atoms with E-state index in [1.165, 1.54) is 23.5 Å². The molecule has 1 N–H and O–H groups in total. The molecule has 0 atom stereocenters. The Hall–Kier alpha value is -2.59. The SMILES string of the molecule is C/C(=N/NC(=O)Cc1csc(N2CCOCC2)n1)c1ccc(OC(F)F)cc1. The summed E-state index contributed by atoms with van der Waals surface area (Å²) in [5, 5.41) is 6.80. The van der Waals surface area contributed by atoms with Crippen LogP contribution in [0.3, 0.4) is 0 Å². The second-order valence-electron chi connectivity index (χ2n) is 6.03. The smallest absolute Gasteiger partial charge is 0.387 e. The highest BCUT2D eigenvalue weighted by molar-refractivity contribution is 7.13. The van der Waals surface area contributed by atoms with E-state index in [0.717, 1.165) is 18.2 Å². The summed E-state index contributed by atoms with van der Waals surface area (Å²) in [4.78, 5) is 18.8. The molecule has 3 rings (SSSR count). The number of carbonyl (C=O) groups is 1. The van der Waals surface area contributed by atoms with Gasteiger partial charge in [0.05, 0.1) is 31.0 Å². The average Bonchev–Trinajstić information content (AvgIpc) is 3.15. The molecule has 0 saturated carbocycles. The standard InChI is InChI=1S/C18H20F2N4O3S/c1-12(13-2-4-15(5-3-13)27-17(19)20)22-23-16(25)10-14-11-28-18(21-14)24-6-8-26-9-7-24/h2-5,11,17H,6-10H2,1H3,(H,23,25)/b22-12-. The first-order chi connectivity index (χ1) is 13.5. The van der Waals surface area contributed by atoms with Crippen LogP contribution in [0.5, 0.6) is 5.75 Å². The zero-order valence-corrected chi connectivity index (χ0v) is 16.0. The number of thiazole rings is 1. The number of aromatic nitrogens is 1. The number of halogens is 2. The predicted molar refractivity (Wildman–Crippen MR) is 102 cm³/mol. The number of anilines is 1. The van der Waals surface area contributed by atoms with Crippen molar-refractivity contribution < 1.29 is 23.0 Å². The van der Waals surface area contributed by atoms with Gasteiger partial charge in [-0.3, -0.25) is 4.79 Å². The molecule has 1 aromatic carbocycles. The zero-order chi connectivity index (χ0) is 19.9. The van der Waals surface area contributed by atoms with Gasteiger partial charge < -0.3 is 14.4 Å². The van der Waals surface area contributed by atoms with E-state index < -0.39 is 6.61 Å². The van der Waals surface area contributed by atoms with Crippen LogP contribution in [-0.4, -0.2) is 49.5 Å². The van der Waals surface area contributed by atoms with Crippen LogP contribution in [0.1, 0.15) is 18.2 Å². The molecule has 1 aliphatic heterocycles. The highest BCUT2D eigenvalue weighted by Gasteiger charge is 2.15. The second-order valence-corrected chi connectivity index (χ2v) is 6.87. The number of rotatable bonds is 7. The maximum atomic E-state index is 12.2. The summed E-state index contributed by atoms with van der Waals surface area (Å²) in [6, 6.07) is 6.03. The molecule has 1 saturated heterocycles. The Morgan fingerprint density at radius 1 is 1.36 bits per heavy atom. The van der Waals surface area contributed by atoms with Gasteiger partial charge >= 0.3 is 6.61 Å². The van der Waals surface area contributed by atoms with Gasteiger partial charge in [-0.1, -0.05) is 0 Å². The van der Waals surface area contributed by atoms with Crippen molar-refractivity contribution in [3.63, 3.8) is 0 Å². The number of ether oxygens (including phenoxy) is 2. The number of hydrogen-bond acceptors (Lipinski definition) is 7. The molecule has 0 bridgehead atoms. The normalized spacial score (nSPS) is 15.0. The predicted octanol–water partition coefficient (Wildman–Crippen LogP) is 2.66. The first-order valence-corrected chi connectivity index (χ1v) is 9.54. The van der Waals surface area contributed by atoms with Gasteiger partial charge in [-0.25, -0.2) is 10.4 Å². The van der Waals surface area contributed by atoms with Crippen molar-refractivity contribution in [2.75, 3.05) is 31.2 Å². The first kappa shape index (κ1) is 20.2. The zero-order valence-electron chi connectivity index (χ0n) is 15.2. The molecular formula is C18H20F2N4O3S. The molecule has 10 heteroatoms. The van der Waals surface area contributed by atoms with Crippen LogP contribution in [0.15, 0.2) is 34.7 Å². The minimum Gasteiger partial charge on any atom is -0.435 e. The maximum Gasteiger partial charge on any atom is 0.387 e. The number of morpholine rings is 1. The Labute approximate surface area is 165 Å². The molecule has 0 radical (unpaired) electrons. The fourth-order valence-electron chi connectivity index (χ4n) is 2.57. The van der Waals surface area contributed by atoms with Crippen molar-refractivity contribution in [3.05, 3.63) is 40.9 Å². The van der Waals surface area contributed by atoms with E-state index in [9.17, 15) is 13.6 Å². The minimum absolute atomic E-state index is 0.0650. The Balaban J connectivity index is 1.52. The summed E-state index contributed by atoms with van der Waals surface area (Å²) in [5.74, 6) is -0.217. The lowest BCUT2D eigenvalue weighted by Crippen LogP contribution is -2.36. The monoisotopic (exact) mass is 410 g/mol. The second kappa shape index (κ2) is 9.56. The molecule has 0 aliphatic carbocycles. The van der Waals surface area contributed by atoms with Gasteiger partial charge in [-0.15, -0.1) is 11.3 Å². The fraction of sp³-hybridized carbons (Fsp3) is 0.389. The maximum absolute atomic E-state index is 12.2. The summed E-state index contributed by atoms with van der Waals surface area (Å²) >= 11 is 1.50. The van der Waals surface area contributed by atoms with Crippen molar-refractivity contribution in [1.82, 2.24) is 10.4 Å². The van der Waals surface area contributed by atoms with Crippen LogP contribution < -0.4 is 15.1 Å². The topological polar surface area (TPSA) is 76.1 Å². The molecule has 7 nitrogen and oxygen atoms in total. The van der Waals surface area contributed by atoms with Gasteiger partial charge in [0, 0.05) is 18.5 Å². The lowest BCUT2D eigenvalue weighted by atomic mass is 10.1. The molecule has 1 aliphatic rings. The summed E-state index contributed by atoms with van der Waals surface area (Å²) in [6.07, 6.45) is 0.124. The molecular weight excluding hydrogens is 390 g/mol. The van der Waals surface area contributed by atoms with E-state index in [1.54, 1.807) is 19.1 Å². The van der Waals surface area contributed by atoms with Gasteiger partial charge in [0.15, 0.2) is 5.13 Å². The van der Waals surface area contributed by atoms with Crippen molar-refractivity contribution in [1.29, 1.82) is 0 Å². The highest BCUT2D eigenvalue weighted by Crippen LogP contribution is 2.21. The van der Waals surface area contributed by atoms with Crippen molar-refractivity contribution >= 4 is 28.1 Å². The van der Waals surface area contributed by atoms with E-state index in [4.69, 9.17) is 4.74 Å². The van der Waals surface area contributed by atoms with Crippen molar-refractivity contribution in [2.45, 2.75) is 20.0 Å². The van der Waals surface area contributed by atoms with E-state index in [0.29, 0.717) is 30.2 Å². The Morgan fingerprint density at radius 3 is 2.75 bits per heavy atom. The number of benzene rings is 1. The third kappa shape index (κ3) is 5.70. The largest absolute Gasteiger partial charge is 0.435 e.